The number of nitrogens with two attached hydrogens (primary N) is 1. The molecule has 1 fully saturated rings. The van der Waals surface area contributed by atoms with E-state index in [4.69, 9.17) is 15.5 Å². The molecule has 1 aliphatic rings. The van der Waals surface area contributed by atoms with Crippen LogP contribution in [-0.4, -0.2) is 43.5 Å². The first-order valence-corrected chi connectivity index (χ1v) is 14.3. The summed E-state index contributed by atoms with van der Waals surface area (Å²) >= 11 is 0. The van der Waals surface area contributed by atoms with E-state index in [1.807, 2.05) is 25.7 Å². The Bertz CT molecular complexity index is 1500. The zero-order valence-electron chi connectivity index (χ0n) is 22.7. The van der Waals surface area contributed by atoms with Crippen molar-refractivity contribution in [2.75, 3.05) is 23.8 Å². The molecular formula is C28H38FN5O4S. The van der Waals surface area contributed by atoms with Gasteiger partial charge in [-0.15, -0.1) is 0 Å². The van der Waals surface area contributed by atoms with Crippen LogP contribution in [0.3, 0.4) is 0 Å². The van der Waals surface area contributed by atoms with Crippen molar-refractivity contribution in [1.82, 2.24) is 14.7 Å². The summed E-state index contributed by atoms with van der Waals surface area (Å²) in [5, 5.41) is -0.369. The molecule has 1 aliphatic heterocycles. The Balaban J connectivity index is 0.00000294. The molecule has 3 N–H and O–H groups in total. The van der Waals surface area contributed by atoms with E-state index >= 15 is 0 Å². The number of anilines is 2. The van der Waals surface area contributed by atoms with Crippen LogP contribution in [0, 0.1) is 17.2 Å². The molecule has 1 saturated heterocycles. The van der Waals surface area contributed by atoms with E-state index in [0.717, 1.165) is 6.42 Å². The lowest BCUT2D eigenvalue weighted by Crippen LogP contribution is -2.37. The van der Waals surface area contributed by atoms with Crippen LogP contribution in [0.1, 0.15) is 54.3 Å². The zero-order chi connectivity index (χ0) is 28.5. The Kier molecular flexibility index (Phi) is 7.83. The maximum Gasteiger partial charge on any atom is 0.281 e. The summed E-state index contributed by atoms with van der Waals surface area (Å²) in [6, 6.07) is 11.6. The van der Waals surface area contributed by atoms with Crippen molar-refractivity contribution in [3.05, 3.63) is 59.9 Å². The molecule has 1 amide bonds. The summed E-state index contributed by atoms with van der Waals surface area (Å²) in [4.78, 5) is 23.9. The Morgan fingerprint density at radius 2 is 1.97 bits per heavy atom. The normalized spacial score (nSPS) is 16.9. The number of hydrogen-bond donors (Lipinski definition) is 2. The number of carbonyl (C=O) groups excluding carboxylic acids is 1. The molecule has 0 radical (unpaired) electrons. The fraction of sp³-hybridized carbons (Fsp3) is 0.393. The largest absolute Gasteiger partial charge is 0.493 e. The minimum Gasteiger partial charge on any atom is -0.493 e. The summed E-state index contributed by atoms with van der Waals surface area (Å²) in [5.41, 5.74) is 6.53. The Morgan fingerprint density at radius 1 is 1.23 bits per heavy atom. The average molecular weight is 560 g/mol. The summed E-state index contributed by atoms with van der Waals surface area (Å²) in [7, 11) is -4.30. The van der Waals surface area contributed by atoms with E-state index in [2.05, 4.69) is 23.6 Å². The predicted molar refractivity (Wildman–Crippen MR) is 153 cm³/mol. The number of nitrogen functional groups attached to an aromatic ring is 1. The van der Waals surface area contributed by atoms with Crippen LogP contribution in [0.25, 0.3) is 11.3 Å². The number of halogens is 1. The minimum atomic E-state index is -4.30. The van der Waals surface area contributed by atoms with E-state index in [0.29, 0.717) is 36.0 Å². The average Bonchev–Trinajstić information content (AvgIpc) is 3.13. The molecule has 1 unspecified atom stereocenters. The summed E-state index contributed by atoms with van der Waals surface area (Å²) < 4.78 is 48.1. The van der Waals surface area contributed by atoms with Crippen LogP contribution < -0.4 is 20.1 Å². The molecule has 9 nitrogen and oxygen atoms in total. The van der Waals surface area contributed by atoms with E-state index in [1.54, 1.807) is 12.1 Å². The standard InChI is InChI=1S/C28H34FN5O4S.2H2/c1-17(2)16-38-21-14-19(13-20(29)15-21)23-10-9-22(26(31-23)34-12-11-28(4,5)18(34)3)27(35)33-39(36,37)25-8-6-7-24(30)32-25;;/h6-10,13-15,17-18H,11-12,16H2,1-5H3,(H2,30,32)(H,33,35);2*1H. The highest BCUT2D eigenvalue weighted by molar-refractivity contribution is 7.90. The predicted octanol–water partition coefficient (Wildman–Crippen LogP) is 5.14. The molecule has 1 atom stereocenters. The van der Waals surface area contributed by atoms with Crippen molar-refractivity contribution in [3.63, 3.8) is 0 Å². The highest BCUT2D eigenvalue weighted by atomic mass is 32.2. The van der Waals surface area contributed by atoms with Gasteiger partial charge >= 0.3 is 0 Å². The number of pyridine rings is 2. The van der Waals surface area contributed by atoms with Gasteiger partial charge < -0.3 is 15.4 Å². The van der Waals surface area contributed by atoms with Gasteiger partial charge in [0.25, 0.3) is 15.9 Å². The molecular weight excluding hydrogens is 521 g/mol. The van der Waals surface area contributed by atoms with Gasteiger partial charge in [-0.1, -0.05) is 33.8 Å². The van der Waals surface area contributed by atoms with Crippen molar-refractivity contribution in [2.45, 2.75) is 52.1 Å². The third-order valence-electron chi connectivity index (χ3n) is 6.99. The molecule has 0 bridgehead atoms. The van der Waals surface area contributed by atoms with Crippen LogP contribution in [0.15, 0.2) is 53.6 Å². The molecule has 4 rings (SSSR count). The maximum atomic E-state index is 14.5. The second-order valence-corrected chi connectivity index (χ2v) is 12.5. The summed E-state index contributed by atoms with van der Waals surface area (Å²) in [5.74, 6) is -0.374. The smallest absolute Gasteiger partial charge is 0.281 e. The maximum absolute atomic E-state index is 14.5. The van der Waals surface area contributed by atoms with Crippen LogP contribution >= 0.6 is 0 Å². The molecule has 2 aromatic heterocycles. The number of amides is 1. The minimum absolute atomic E-state index is 0. The van der Waals surface area contributed by atoms with Gasteiger partial charge in [0, 0.05) is 27.1 Å². The van der Waals surface area contributed by atoms with E-state index in [9.17, 15) is 17.6 Å². The fourth-order valence-electron chi connectivity index (χ4n) is 4.39. The van der Waals surface area contributed by atoms with E-state index in [1.165, 1.54) is 36.4 Å². The van der Waals surface area contributed by atoms with Crippen LogP contribution in [0.2, 0.25) is 0 Å². The van der Waals surface area contributed by atoms with Gasteiger partial charge in [-0.3, -0.25) is 4.79 Å². The third-order valence-corrected chi connectivity index (χ3v) is 8.22. The first kappa shape index (κ1) is 28.3. The van der Waals surface area contributed by atoms with Crippen molar-refractivity contribution < 1.29 is 25.2 Å². The quantitative estimate of drug-likeness (QED) is 0.389. The number of nitrogens with one attached hydrogen (secondary N) is 1. The molecule has 3 heterocycles. The molecule has 0 aliphatic carbocycles. The van der Waals surface area contributed by atoms with Gasteiger partial charge in [-0.25, -0.2) is 19.1 Å². The molecule has 3 aromatic rings. The highest BCUT2D eigenvalue weighted by Crippen LogP contribution is 2.40. The lowest BCUT2D eigenvalue weighted by molar-refractivity contribution is 0.0981. The van der Waals surface area contributed by atoms with Gasteiger partial charge in [-0.05, 0) is 61.1 Å². The van der Waals surface area contributed by atoms with Crippen LogP contribution in [0.5, 0.6) is 5.75 Å². The molecule has 0 spiro atoms. The van der Waals surface area contributed by atoms with Crippen molar-refractivity contribution in [1.29, 1.82) is 0 Å². The number of hydrogen-bond acceptors (Lipinski definition) is 8. The Hall–Kier alpha value is -3.73. The second kappa shape index (κ2) is 10.8. The van der Waals surface area contributed by atoms with Crippen molar-refractivity contribution >= 4 is 27.6 Å². The number of ether oxygens (including phenoxy) is 1. The molecule has 11 heteroatoms. The third kappa shape index (κ3) is 6.30. The van der Waals surface area contributed by atoms with Crippen LogP contribution in [-0.2, 0) is 10.0 Å². The fourth-order valence-corrected chi connectivity index (χ4v) is 5.34. The second-order valence-electron chi connectivity index (χ2n) is 10.9. The number of nitrogens with zero attached hydrogens (tertiary/aromatic N) is 3. The Morgan fingerprint density at radius 3 is 2.62 bits per heavy atom. The van der Waals surface area contributed by atoms with Gasteiger partial charge in [0.15, 0.2) is 5.03 Å². The molecule has 1 aromatic carbocycles. The van der Waals surface area contributed by atoms with Crippen LogP contribution in [0.4, 0.5) is 16.0 Å². The Labute approximate surface area is 231 Å². The van der Waals surface area contributed by atoms with Gasteiger partial charge in [0.05, 0.1) is 17.9 Å². The van der Waals surface area contributed by atoms with Gasteiger partial charge in [-0.2, -0.15) is 8.42 Å². The number of benzene rings is 1. The summed E-state index contributed by atoms with van der Waals surface area (Å²) in [6.45, 7) is 11.3. The number of rotatable bonds is 8. The molecule has 212 valence electrons. The lowest BCUT2D eigenvalue weighted by atomic mass is 9.86. The first-order chi connectivity index (χ1) is 18.3. The zero-order valence-corrected chi connectivity index (χ0v) is 23.5. The number of aromatic nitrogens is 2. The highest BCUT2D eigenvalue weighted by Gasteiger charge is 2.39. The lowest BCUT2D eigenvalue weighted by Gasteiger charge is -2.31. The van der Waals surface area contributed by atoms with Crippen molar-refractivity contribution in [2.24, 2.45) is 11.3 Å². The SMILES string of the molecule is CC(C)COc1cc(F)cc(-c2ccc(C(=O)NS(=O)(=O)c3cccc(N)n3)c(N3CCC(C)(C)C3C)n2)c1.[HH].[HH]. The van der Waals surface area contributed by atoms with E-state index in [-0.39, 0.29) is 36.6 Å². The van der Waals surface area contributed by atoms with Gasteiger partial charge in [0.2, 0.25) is 0 Å². The molecule has 39 heavy (non-hydrogen) atoms. The van der Waals surface area contributed by atoms with E-state index < -0.39 is 21.7 Å². The first-order valence-electron chi connectivity index (χ1n) is 12.8. The summed E-state index contributed by atoms with van der Waals surface area (Å²) in [6.07, 6.45) is 0.847. The molecule has 0 saturated carbocycles. The number of sulfonamides is 1. The van der Waals surface area contributed by atoms with Crippen molar-refractivity contribution in [3.8, 4) is 17.0 Å². The topological polar surface area (TPSA) is 128 Å². The van der Waals surface area contributed by atoms with Gasteiger partial charge in [0.1, 0.15) is 23.2 Å². The monoisotopic (exact) mass is 559 g/mol. The number of carbonyl (C=O) groups is 1.